The fourth-order valence-electron chi connectivity index (χ4n) is 4.41. The average molecular weight is 409 g/mol. The summed E-state index contributed by atoms with van der Waals surface area (Å²) in [5.41, 5.74) is 0. The van der Waals surface area contributed by atoms with Crippen molar-refractivity contribution in [1.82, 2.24) is 0 Å². The molecule has 0 aromatic heterocycles. The van der Waals surface area contributed by atoms with Gasteiger partial charge in [-0.05, 0) is 19.3 Å². The second-order valence-corrected chi connectivity index (χ2v) is 9.85. The van der Waals surface area contributed by atoms with Crippen LogP contribution >= 0.6 is 0 Å². The SMILES string of the molecule is CCCCCCCCCCCCCCCCC(C)CCCCCCCCC(C)=O. The van der Waals surface area contributed by atoms with Crippen LogP contribution in [0.25, 0.3) is 0 Å². The van der Waals surface area contributed by atoms with Crippen LogP contribution in [0.1, 0.15) is 168 Å². The lowest BCUT2D eigenvalue weighted by Gasteiger charge is -2.11. The van der Waals surface area contributed by atoms with Gasteiger partial charge >= 0.3 is 0 Å². The highest BCUT2D eigenvalue weighted by atomic mass is 16.1. The lowest BCUT2D eigenvalue weighted by Crippen LogP contribution is -1.95. The molecule has 0 rings (SSSR count). The molecule has 0 aliphatic rings. The molecule has 1 atom stereocenters. The summed E-state index contributed by atoms with van der Waals surface area (Å²) >= 11 is 0. The topological polar surface area (TPSA) is 17.1 Å². The second kappa shape index (κ2) is 23.9. The van der Waals surface area contributed by atoms with E-state index in [1.165, 1.54) is 135 Å². The Morgan fingerprint density at radius 3 is 1.17 bits per heavy atom. The predicted molar refractivity (Wildman–Crippen MR) is 132 cm³/mol. The Bertz CT molecular complexity index is 322. The lowest BCUT2D eigenvalue weighted by molar-refractivity contribution is -0.117. The highest BCUT2D eigenvalue weighted by Gasteiger charge is 2.02. The maximum atomic E-state index is 10.9. The summed E-state index contributed by atoms with van der Waals surface area (Å²) < 4.78 is 0. The molecular weight excluding hydrogens is 352 g/mol. The molecule has 0 aliphatic carbocycles. The maximum absolute atomic E-state index is 10.9. The van der Waals surface area contributed by atoms with Gasteiger partial charge in [-0.2, -0.15) is 0 Å². The summed E-state index contributed by atoms with van der Waals surface area (Å²) in [4.78, 5) is 10.9. The van der Waals surface area contributed by atoms with Crippen LogP contribution in [0.4, 0.5) is 0 Å². The van der Waals surface area contributed by atoms with E-state index in [0.717, 1.165) is 18.8 Å². The number of Topliss-reactive ketones (excluding diaryl/α,β-unsaturated/α-hetero) is 1. The molecule has 0 saturated heterocycles. The Hall–Kier alpha value is -0.330. The zero-order valence-corrected chi connectivity index (χ0v) is 20.7. The summed E-state index contributed by atoms with van der Waals surface area (Å²) in [7, 11) is 0. The van der Waals surface area contributed by atoms with E-state index in [0.29, 0.717) is 5.78 Å². The molecule has 29 heavy (non-hydrogen) atoms. The van der Waals surface area contributed by atoms with Gasteiger partial charge in [-0.15, -0.1) is 0 Å². The van der Waals surface area contributed by atoms with E-state index in [1.807, 2.05) is 0 Å². The van der Waals surface area contributed by atoms with Crippen molar-refractivity contribution in [3.05, 3.63) is 0 Å². The fraction of sp³-hybridized carbons (Fsp3) is 0.964. The molecule has 0 bridgehead atoms. The van der Waals surface area contributed by atoms with Crippen LogP contribution in [0.3, 0.4) is 0 Å². The monoisotopic (exact) mass is 408 g/mol. The molecule has 0 aromatic rings. The highest BCUT2D eigenvalue weighted by molar-refractivity contribution is 5.75. The van der Waals surface area contributed by atoms with Crippen molar-refractivity contribution >= 4 is 5.78 Å². The van der Waals surface area contributed by atoms with Crippen LogP contribution in [0.15, 0.2) is 0 Å². The quantitative estimate of drug-likeness (QED) is 0.145. The van der Waals surface area contributed by atoms with Gasteiger partial charge in [-0.1, -0.05) is 149 Å². The van der Waals surface area contributed by atoms with E-state index in [4.69, 9.17) is 0 Å². The van der Waals surface area contributed by atoms with Gasteiger partial charge in [0, 0.05) is 6.42 Å². The number of hydrogen-bond acceptors (Lipinski definition) is 1. The largest absolute Gasteiger partial charge is 0.300 e. The standard InChI is InChI=1S/C28H56O/c1-4-5-6-7-8-9-10-11-12-13-14-15-18-21-24-27(2)25-22-19-16-17-20-23-26-28(3)29/h27H,4-26H2,1-3H3. The van der Waals surface area contributed by atoms with Crippen LogP contribution in [0.5, 0.6) is 0 Å². The Morgan fingerprint density at radius 1 is 0.517 bits per heavy atom. The van der Waals surface area contributed by atoms with E-state index >= 15 is 0 Å². The van der Waals surface area contributed by atoms with Crippen molar-refractivity contribution in [2.75, 3.05) is 0 Å². The van der Waals surface area contributed by atoms with Gasteiger partial charge < -0.3 is 4.79 Å². The van der Waals surface area contributed by atoms with E-state index in [1.54, 1.807) is 6.92 Å². The third-order valence-corrected chi connectivity index (χ3v) is 6.53. The molecule has 0 aliphatic heterocycles. The number of hydrogen-bond donors (Lipinski definition) is 0. The molecule has 0 fully saturated rings. The first-order chi connectivity index (χ1) is 14.2. The molecule has 0 radical (unpaired) electrons. The smallest absolute Gasteiger partial charge is 0.129 e. The third-order valence-electron chi connectivity index (χ3n) is 6.53. The van der Waals surface area contributed by atoms with E-state index in [2.05, 4.69) is 13.8 Å². The Kier molecular flexibility index (Phi) is 23.7. The second-order valence-electron chi connectivity index (χ2n) is 9.85. The minimum absolute atomic E-state index is 0.349. The molecule has 0 N–H and O–H groups in total. The van der Waals surface area contributed by atoms with Crippen LogP contribution in [-0.2, 0) is 4.79 Å². The van der Waals surface area contributed by atoms with E-state index in [-0.39, 0.29) is 0 Å². The van der Waals surface area contributed by atoms with Gasteiger partial charge in [0.05, 0.1) is 0 Å². The van der Waals surface area contributed by atoms with Crippen molar-refractivity contribution < 1.29 is 4.79 Å². The third kappa shape index (κ3) is 25.6. The first kappa shape index (κ1) is 28.7. The fourth-order valence-corrected chi connectivity index (χ4v) is 4.41. The number of unbranched alkanes of at least 4 members (excludes halogenated alkanes) is 18. The minimum Gasteiger partial charge on any atom is -0.300 e. The molecule has 174 valence electrons. The molecule has 1 nitrogen and oxygen atoms in total. The highest BCUT2D eigenvalue weighted by Crippen LogP contribution is 2.19. The Morgan fingerprint density at radius 2 is 0.828 bits per heavy atom. The molecular formula is C28H56O. The van der Waals surface area contributed by atoms with Crippen LogP contribution in [0, 0.1) is 5.92 Å². The predicted octanol–water partition coefficient (Wildman–Crippen LogP) is 10.2. The van der Waals surface area contributed by atoms with Gasteiger partial charge in [0.15, 0.2) is 0 Å². The van der Waals surface area contributed by atoms with Crippen molar-refractivity contribution in [1.29, 1.82) is 0 Å². The van der Waals surface area contributed by atoms with Crippen molar-refractivity contribution in [2.24, 2.45) is 5.92 Å². The minimum atomic E-state index is 0.349. The average Bonchev–Trinajstić information content (AvgIpc) is 2.70. The van der Waals surface area contributed by atoms with Gasteiger partial charge in [-0.25, -0.2) is 0 Å². The molecule has 1 heteroatoms. The number of carbonyl (C=O) groups excluding carboxylic acids is 1. The van der Waals surface area contributed by atoms with E-state index < -0.39 is 0 Å². The first-order valence-electron chi connectivity index (χ1n) is 13.7. The van der Waals surface area contributed by atoms with Crippen molar-refractivity contribution in [3.63, 3.8) is 0 Å². The zero-order valence-electron chi connectivity index (χ0n) is 20.7. The normalized spacial score (nSPS) is 12.4. The Labute approximate surface area is 185 Å². The summed E-state index contributed by atoms with van der Waals surface area (Å²) in [5.74, 6) is 1.27. The van der Waals surface area contributed by atoms with Crippen LogP contribution in [-0.4, -0.2) is 5.78 Å². The summed E-state index contributed by atoms with van der Waals surface area (Å²) in [6.45, 7) is 6.46. The van der Waals surface area contributed by atoms with E-state index in [9.17, 15) is 4.79 Å². The van der Waals surface area contributed by atoms with Gasteiger partial charge in [0.2, 0.25) is 0 Å². The van der Waals surface area contributed by atoms with Gasteiger partial charge in [0.1, 0.15) is 5.78 Å². The zero-order chi connectivity index (χ0) is 21.4. The summed E-state index contributed by atoms with van der Waals surface area (Å²) in [6.07, 6.45) is 31.9. The maximum Gasteiger partial charge on any atom is 0.129 e. The number of carbonyl (C=O) groups is 1. The molecule has 0 saturated carbocycles. The van der Waals surface area contributed by atoms with Crippen molar-refractivity contribution in [2.45, 2.75) is 168 Å². The first-order valence-corrected chi connectivity index (χ1v) is 13.7. The molecule has 0 spiro atoms. The Balaban J connectivity index is 3.14. The number of rotatable bonds is 24. The molecule has 0 aromatic carbocycles. The van der Waals surface area contributed by atoms with Gasteiger partial charge in [-0.3, -0.25) is 0 Å². The van der Waals surface area contributed by atoms with Crippen LogP contribution in [0.2, 0.25) is 0 Å². The summed E-state index contributed by atoms with van der Waals surface area (Å²) in [6, 6.07) is 0. The summed E-state index contributed by atoms with van der Waals surface area (Å²) in [5, 5.41) is 0. The molecule has 0 heterocycles. The molecule has 0 amide bonds. The number of ketones is 1. The van der Waals surface area contributed by atoms with Gasteiger partial charge in [0.25, 0.3) is 0 Å². The lowest BCUT2D eigenvalue weighted by atomic mass is 9.95. The van der Waals surface area contributed by atoms with Crippen molar-refractivity contribution in [3.8, 4) is 0 Å². The molecule has 1 unspecified atom stereocenters. The van der Waals surface area contributed by atoms with Crippen LogP contribution < -0.4 is 0 Å².